The standard InChI is InChI=1S/C17H19N3O5/c1-3-24-14-7-11-6-10(2)25-13(11)8-12(14)18-16(22)9-20-5-4-15(21)19-17(20)23/h4-5,7-8,10H,3,6,9H2,1-2H3,(H,18,22)(H,19,21,23)/t10-/m0/s1. The van der Waals surface area contributed by atoms with Crippen molar-refractivity contribution in [3.63, 3.8) is 0 Å². The molecule has 2 heterocycles. The molecule has 132 valence electrons. The van der Waals surface area contributed by atoms with Crippen LogP contribution in [0.5, 0.6) is 11.5 Å². The molecular formula is C17H19N3O5. The largest absolute Gasteiger partial charge is 0.492 e. The zero-order valence-electron chi connectivity index (χ0n) is 14.0. The van der Waals surface area contributed by atoms with Crippen LogP contribution in [0.15, 0.2) is 34.0 Å². The molecule has 1 aromatic heterocycles. The van der Waals surface area contributed by atoms with Gasteiger partial charge in [-0.05, 0) is 19.9 Å². The molecule has 0 saturated heterocycles. The third kappa shape index (κ3) is 3.73. The van der Waals surface area contributed by atoms with Crippen LogP contribution in [-0.4, -0.2) is 28.2 Å². The van der Waals surface area contributed by atoms with E-state index in [1.54, 1.807) is 6.07 Å². The highest BCUT2D eigenvalue weighted by Gasteiger charge is 2.22. The van der Waals surface area contributed by atoms with Gasteiger partial charge in [0.15, 0.2) is 0 Å². The maximum absolute atomic E-state index is 12.3. The topological polar surface area (TPSA) is 102 Å². The van der Waals surface area contributed by atoms with Crippen LogP contribution in [0.25, 0.3) is 0 Å². The summed E-state index contributed by atoms with van der Waals surface area (Å²) in [5.74, 6) is 0.856. The van der Waals surface area contributed by atoms with E-state index in [4.69, 9.17) is 9.47 Å². The van der Waals surface area contributed by atoms with Crippen LogP contribution in [0.3, 0.4) is 0 Å². The molecule has 25 heavy (non-hydrogen) atoms. The van der Waals surface area contributed by atoms with Gasteiger partial charge in [0.2, 0.25) is 5.91 Å². The van der Waals surface area contributed by atoms with Crippen molar-refractivity contribution >= 4 is 11.6 Å². The van der Waals surface area contributed by atoms with E-state index >= 15 is 0 Å². The number of nitrogens with zero attached hydrogens (tertiary/aromatic N) is 1. The van der Waals surface area contributed by atoms with E-state index in [-0.39, 0.29) is 12.6 Å². The number of hydrogen-bond acceptors (Lipinski definition) is 5. The minimum Gasteiger partial charge on any atom is -0.492 e. The van der Waals surface area contributed by atoms with Gasteiger partial charge in [-0.1, -0.05) is 0 Å². The summed E-state index contributed by atoms with van der Waals surface area (Å²) in [5.41, 5.74) is 0.368. The number of fused-ring (bicyclic) bond motifs is 1. The van der Waals surface area contributed by atoms with E-state index in [2.05, 4.69) is 10.3 Å². The molecule has 3 rings (SSSR count). The van der Waals surface area contributed by atoms with E-state index in [9.17, 15) is 14.4 Å². The predicted molar refractivity (Wildman–Crippen MR) is 91.4 cm³/mol. The normalized spacial score (nSPS) is 15.4. The maximum Gasteiger partial charge on any atom is 0.328 e. The molecule has 1 aromatic carbocycles. The molecule has 0 fully saturated rings. The van der Waals surface area contributed by atoms with Crippen molar-refractivity contribution in [2.24, 2.45) is 0 Å². The molecule has 2 N–H and O–H groups in total. The summed E-state index contributed by atoms with van der Waals surface area (Å²) in [6, 6.07) is 4.78. The number of carbonyl (C=O) groups excluding carboxylic acids is 1. The second-order valence-electron chi connectivity index (χ2n) is 5.81. The van der Waals surface area contributed by atoms with Gasteiger partial charge < -0.3 is 14.8 Å². The molecule has 0 bridgehead atoms. The van der Waals surface area contributed by atoms with Crippen molar-refractivity contribution < 1.29 is 14.3 Å². The van der Waals surface area contributed by atoms with Crippen molar-refractivity contribution in [2.45, 2.75) is 32.9 Å². The van der Waals surface area contributed by atoms with Crippen molar-refractivity contribution in [3.8, 4) is 11.5 Å². The summed E-state index contributed by atoms with van der Waals surface area (Å²) in [7, 11) is 0. The fourth-order valence-corrected chi connectivity index (χ4v) is 2.73. The number of amides is 1. The molecule has 1 amide bonds. The van der Waals surface area contributed by atoms with Crippen molar-refractivity contribution in [3.05, 3.63) is 50.8 Å². The van der Waals surface area contributed by atoms with Gasteiger partial charge in [-0.2, -0.15) is 0 Å². The molecule has 1 aliphatic rings. The van der Waals surface area contributed by atoms with Crippen LogP contribution in [0.2, 0.25) is 0 Å². The summed E-state index contributed by atoms with van der Waals surface area (Å²) in [4.78, 5) is 37.1. The third-order valence-electron chi connectivity index (χ3n) is 3.78. The molecule has 1 atom stereocenters. The van der Waals surface area contributed by atoms with Gasteiger partial charge in [-0.15, -0.1) is 0 Å². The van der Waals surface area contributed by atoms with Gasteiger partial charge >= 0.3 is 5.69 Å². The number of aromatic nitrogens is 2. The minimum atomic E-state index is -0.640. The molecule has 0 radical (unpaired) electrons. The summed E-state index contributed by atoms with van der Waals surface area (Å²) >= 11 is 0. The van der Waals surface area contributed by atoms with Gasteiger partial charge in [-0.3, -0.25) is 19.1 Å². The Labute approximate surface area is 143 Å². The Morgan fingerprint density at radius 1 is 1.44 bits per heavy atom. The highest BCUT2D eigenvalue weighted by atomic mass is 16.5. The average molecular weight is 345 g/mol. The first-order valence-electron chi connectivity index (χ1n) is 8.02. The number of carbonyl (C=O) groups is 1. The van der Waals surface area contributed by atoms with E-state index in [1.165, 1.54) is 12.3 Å². The lowest BCUT2D eigenvalue weighted by Gasteiger charge is -2.14. The van der Waals surface area contributed by atoms with E-state index in [0.717, 1.165) is 16.6 Å². The summed E-state index contributed by atoms with van der Waals surface area (Å²) in [5, 5.41) is 2.73. The lowest BCUT2D eigenvalue weighted by atomic mass is 10.1. The number of rotatable bonds is 5. The lowest BCUT2D eigenvalue weighted by Crippen LogP contribution is -2.32. The first-order chi connectivity index (χ1) is 12.0. The number of anilines is 1. The minimum absolute atomic E-state index is 0.0788. The smallest absolute Gasteiger partial charge is 0.328 e. The van der Waals surface area contributed by atoms with Gasteiger partial charge in [0, 0.05) is 30.3 Å². The molecular weight excluding hydrogens is 326 g/mol. The van der Waals surface area contributed by atoms with E-state index in [1.807, 2.05) is 19.9 Å². The molecule has 8 nitrogen and oxygen atoms in total. The molecule has 0 saturated carbocycles. The Morgan fingerprint density at radius 2 is 2.24 bits per heavy atom. The molecule has 2 aromatic rings. The number of ether oxygens (including phenoxy) is 2. The van der Waals surface area contributed by atoms with Crippen LogP contribution in [0.1, 0.15) is 19.4 Å². The second kappa shape index (κ2) is 6.84. The second-order valence-corrected chi connectivity index (χ2v) is 5.81. The monoisotopic (exact) mass is 345 g/mol. The highest BCUT2D eigenvalue weighted by Crippen LogP contribution is 2.38. The SMILES string of the molecule is CCOc1cc2c(cc1NC(=O)Cn1ccc(=O)[nH]c1=O)O[C@@H](C)C2. The Hall–Kier alpha value is -3.03. The van der Waals surface area contributed by atoms with Gasteiger partial charge in [-0.25, -0.2) is 4.79 Å². The number of hydrogen-bond donors (Lipinski definition) is 2. The number of benzene rings is 1. The van der Waals surface area contributed by atoms with Crippen LogP contribution < -0.4 is 26.0 Å². The van der Waals surface area contributed by atoms with Crippen LogP contribution >= 0.6 is 0 Å². The highest BCUT2D eigenvalue weighted by molar-refractivity contribution is 5.92. The van der Waals surface area contributed by atoms with E-state index in [0.29, 0.717) is 23.8 Å². The summed E-state index contributed by atoms with van der Waals surface area (Å²) < 4.78 is 12.4. The summed E-state index contributed by atoms with van der Waals surface area (Å²) in [6.45, 7) is 4.06. The quantitative estimate of drug-likeness (QED) is 0.838. The van der Waals surface area contributed by atoms with Crippen LogP contribution in [0.4, 0.5) is 5.69 Å². The summed E-state index contributed by atoms with van der Waals surface area (Å²) in [6.07, 6.45) is 2.14. The predicted octanol–water partition coefficient (Wildman–Crippen LogP) is 0.897. The Morgan fingerprint density at radius 3 is 2.96 bits per heavy atom. The van der Waals surface area contributed by atoms with Gasteiger partial charge in [0.25, 0.3) is 5.56 Å². The van der Waals surface area contributed by atoms with Crippen molar-refractivity contribution in [1.29, 1.82) is 0 Å². The zero-order valence-corrected chi connectivity index (χ0v) is 14.0. The molecule has 0 aliphatic carbocycles. The molecule has 0 spiro atoms. The molecule has 8 heteroatoms. The maximum atomic E-state index is 12.3. The first-order valence-corrected chi connectivity index (χ1v) is 8.02. The van der Waals surface area contributed by atoms with E-state index < -0.39 is 17.2 Å². The Bertz CT molecular complexity index is 915. The number of H-pyrrole nitrogens is 1. The van der Waals surface area contributed by atoms with Gasteiger partial charge in [0.1, 0.15) is 24.1 Å². The average Bonchev–Trinajstić information content (AvgIpc) is 2.89. The Kier molecular flexibility index (Phi) is 4.60. The fourth-order valence-electron chi connectivity index (χ4n) is 2.73. The fraction of sp³-hybridized carbons (Fsp3) is 0.353. The number of nitrogens with one attached hydrogen (secondary N) is 2. The number of aromatic amines is 1. The lowest BCUT2D eigenvalue weighted by molar-refractivity contribution is -0.116. The first kappa shape index (κ1) is 16.8. The van der Waals surface area contributed by atoms with Crippen molar-refractivity contribution in [1.82, 2.24) is 9.55 Å². The zero-order chi connectivity index (χ0) is 18.0. The molecule has 0 unspecified atom stereocenters. The molecule has 1 aliphatic heterocycles. The van der Waals surface area contributed by atoms with Crippen molar-refractivity contribution in [2.75, 3.05) is 11.9 Å². The third-order valence-corrected chi connectivity index (χ3v) is 3.78. The van der Waals surface area contributed by atoms with Gasteiger partial charge in [0.05, 0.1) is 12.3 Å². The van der Waals surface area contributed by atoms with Crippen LogP contribution in [0, 0.1) is 0 Å². The van der Waals surface area contributed by atoms with Crippen LogP contribution in [-0.2, 0) is 17.8 Å². The Balaban J connectivity index is 1.81.